The van der Waals surface area contributed by atoms with Crippen LogP contribution in [0.15, 0.2) is 36.4 Å². The minimum Gasteiger partial charge on any atom is -0.480 e. The SMILES string of the molecule is CC(OC(=O)NC(CCN(CCCCc1ccc2c(n1)NCCC2)C1CC1)C(=O)O)c1ccccc1F. The summed E-state index contributed by atoms with van der Waals surface area (Å²) in [6.07, 6.45) is 5.96. The summed E-state index contributed by atoms with van der Waals surface area (Å²) in [5.41, 5.74) is 2.64. The summed E-state index contributed by atoms with van der Waals surface area (Å²) in [5.74, 6) is -0.563. The van der Waals surface area contributed by atoms with E-state index in [2.05, 4.69) is 27.7 Å². The van der Waals surface area contributed by atoms with Gasteiger partial charge in [-0.1, -0.05) is 24.3 Å². The number of halogens is 1. The van der Waals surface area contributed by atoms with E-state index in [-0.39, 0.29) is 12.0 Å². The van der Waals surface area contributed by atoms with Gasteiger partial charge in [0.05, 0.1) is 0 Å². The molecule has 1 aromatic carbocycles. The number of fused-ring (bicyclic) bond motifs is 1. The Morgan fingerprint density at radius 3 is 2.78 bits per heavy atom. The lowest BCUT2D eigenvalue weighted by Crippen LogP contribution is -2.44. The van der Waals surface area contributed by atoms with Crippen LogP contribution < -0.4 is 10.6 Å². The Labute approximate surface area is 217 Å². The summed E-state index contributed by atoms with van der Waals surface area (Å²) < 4.78 is 19.2. The van der Waals surface area contributed by atoms with E-state index < -0.39 is 30.0 Å². The zero-order valence-electron chi connectivity index (χ0n) is 21.4. The molecule has 2 aliphatic rings. The molecule has 37 heavy (non-hydrogen) atoms. The van der Waals surface area contributed by atoms with Crippen LogP contribution in [0.5, 0.6) is 0 Å². The quantitative estimate of drug-likeness (QED) is 0.334. The number of nitrogens with one attached hydrogen (secondary N) is 2. The van der Waals surface area contributed by atoms with Gasteiger partial charge in [0, 0.05) is 30.4 Å². The molecule has 1 fully saturated rings. The Balaban J connectivity index is 1.21. The zero-order chi connectivity index (χ0) is 26.2. The molecule has 0 saturated heterocycles. The third-order valence-corrected chi connectivity index (χ3v) is 7.07. The number of hydrogen-bond donors (Lipinski definition) is 3. The monoisotopic (exact) mass is 512 g/mol. The fraction of sp³-hybridized carbons (Fsp3) is 0.536. The molecule has 2 atom stereocenters. The number of anilines is 1. The first-order valence-corrected chi connectivity index (χ1v) is 13.3. The maximum Gasteiger partial charge on any atom is 0.408 e. The summed E-state index contributed by atoms with van der Waals surface area (Å²) in [7, 11) is 0. The van der Waals surface area contributed by atoms with Gasteiger partial charge in [-0.05, 0) is 82.5 Å². The second-order valence-corrected chi connectivity index (χ2v) is 9.96. The van der Waals surface area contributed by atoms with Crippen LogP contribution in [-0.2, 0) is 22.4 Å². The van der Waals surface area contributed by atoms with Crippen molar-refractivity contribution >= 4 is 17.9 Å². The van der Waals surface area contributed by atoms with E-state index in [9.17, 15) is 19.1 Å². The fourth-order valence-corrected chi connectivity index (χ4v) is 4.80. The van der Waals surface area contributed by atoms with E-state index in [4.69, 9.17) is 9.72 Å². The van der Waals surface area contributed by atoms with Crippen LogP contribution in [0.25, 0.3) is 0 Å². The van der Waals surface area contributed by atoms with Gasteiger partial charge in [0.2, 0.25) is 0 Å². The first kappa shape index (κ1) is 26.9. The number of pyridine rings is 1. The average Bonchev–Trinajstić information content (AvgIpc) is 3.73. The van der Waals surface area contributed by atoms with Crippen molar-refractivity contribution in [3.05, 3.63) is 59.0 Å². The van der Waals surface area contributed by atoms with Crippen molar-refractivity contribution in [2.75, 3.05) is 25.0 Å². The molecular formula is C28H37FN4O4. The Morgan fingerprint density at radius 2 is 2.03 bits per heavy atom. The smallest absolute Gasteiger partial charge is 0.408 e. The molecule has 0 bridgehead atoms. The van der Waals surface area contributed by atoms with Crippen LogP contribution in [0.4, 0.5) is 15.0 Å². The Bertz CT molecular complexity index is 1080. The fourth-order valence-electron chi connectivity index (χ4n) is 4.80. The summed E-state index contributed by atoms with van der Waals surface area (Å²) >= 11 is 0. The van der Waals surface area contributed by atoms with E-state index in [0.29, 0.717) is 12.6 Å². The number of aromatic nitrogens is 1. The summed E-state index contributed by atoms with van der Waals surface area (Å²) in [4.78, 5) is 31.2. The van der Waals surface area contributed by atoms with Gasteiger partial charge in [-0.2, -0.15) is 0 Å². The second-order valence-electron chi connectivity index (χ2n) is 9.96. The van der Waals surface area contributed by atoms with Gasteiger partial charge in [-0.15, -0.1) is 0 Å². The molecule has 1 saturated carbocycles. The van der Waals surface area contributed by atoms with Gasteiger partial charge >= 0.3 is 12.1 Å². The first-order chi connectivity index (χ1) is 17.9. The van der Waals surface area contributed by atoms with Crippen molar-refractivity contribution in [3.8, 4) is 0 Å². The molecule has 8 nitrogen and oxygen atoms in total. The summed E-state index contributed by atoms with van der Waals surface area (Å²) in [6.45, 7) is 3.99. The number of ether oxygens (including phenoxy) is 1. The predicted octanol–water partition coefficient (Wildman–Crippen LogP) is 4.70. The number of unbranched alkanes of at least 4 members (excludes halogenated alkanes) is 1. The molecule has 0 spiro atoms. The number of amides is 1. The Kier molecular flexibility index (Phi) is 9.33. The third-order valence-electron chi connectivity index (χ3n) is 7.07. The largest absolute Gasteiger partial charge is 0.480 e. The highest BCUT2D eigenvalue weighted by atomic mass is 19.1. The molecule has 9 heteroatoms. The number of alkyl carbamates (subject to hydrolysis) is 1. The lowest BCUT2D eigenvalue weighted by atomic mass is 10.1. The van der Waals surface area contributed by atoms with E-state index in [1.807, 2.05) is 0 Å². The first-order valence-electron chi connectivity index (χ1n) is 13.3. The number of aliphatic carboxylic acids is 1. The Morgan fingerprint density at radius 1 is 1.22 bits per heavy atom. The lowest BCUT2D eigenvalue weighted by molar-refractivity contribution is -0.139. The van der Waals surface area contributed by atoms with Crippen molar-refractivity contribution in [3.63, 3.8) is 0 Å². The number of carboxylic acid groups (broad SMARTS) is 1. The zero-order valence-corrected chi connectivity index (χ0v) is 21.4. The van der Waals surface area contributed by atoms with E-state index in [1.165, 1.54) is 17.7 Å². The molecule has 1 aliphatic carbocycles. The number of carbonyl (C=O) groups is 2. The number of aryl methyl sites for hydroxylation is 2. The highest BCUT2D eigenvalue weighted by Gasteiger charge is 2.30. The second kappa shape index (κ2) is 12.9. The standard InChI is InChI=1S/C28H37FN4O4/c1-19(23-9-2-3-10-24(23)29)37-28(36)32-25(27(34)35)15-18-33(22-13-14-22)17-5-4-8-21-12-11-20-7-6-16-30-26(20)31-21/h2-3,9-12,19,22,25H,4-8,13-18H2,1H3,(H,30,31)(H,32,36)(H,34,35). The number of hydrogen-bond acceptors (Lipinski definition) is 6. The summed E-state index contributed by atoms with van der Waals surface area (Å²) in [6, 6.07) is 9.75. The van der Waals surface area contributed by atoms with Crippen LogP contribution >= 0.6 is 0 Å². The molecule has 2 heterocycles. The predicted molar refractivity (Wildman–Crippen MR) is 139 cm³/mol. The van der Waals surface area contributed by atoms with Crippen LogP contribution in [-0.4, -0.2) is 58.8 Å². The maximum absolute atomic E-state index is 13.9. The number of rotatable bonds is 13. The van der Waals surface area contributed by atoms with E-state index >= 15 is 0 Å². The normalized spacial score (nSPS) is 16.4. The number of nitrogens with zero attached hydrogens (tertiary/aromatic N) is 2. The molecule has 1 aromatic heterocycles. The van der Waals surface area contributed by atoms with E-state index in [0.717, 1.165) is 69.5 Å². The number of carbonyl (C=O) groups excluding carboxylic acids is 1. The van der Waals surface area contributed by atoms with Crippen LogP contribution in [0.3, 0.4) is 0 Å². The van der Waals surface area contributed by atoms with Crippen LogP contribution in [0, 0.1) is 5.82 Å². The maximum atomic E-state index is 13.9. The molecule has 1 aliphatic heterocycles. The number of benzene rings is 1. The van der Waals surface area contributed by atoms with Gasteiger partial charge in [-0.25, -0.2) is 19.0 Å². The minimum absolute atomic E-state index is 0.242. The van der Waals surface area contributed by atoms with Crippen LogP contribution in [0.2, 0.25) is 0 Å². The Hall–Kier alpha value is -3.20. The van der Waals surface area contributed by atoms with Gasteiger partial charge in [0.25, 0.3) is 0 Å². The molecule has 0 radical (unpaired) electrons. The third kappa shape index (κ3) is 7.89. The summed E-state index contributed by atoms with van der Waals surface area (Å²) in [5, 5.41) is 15.5. The highest BCUT2D eigenvalue weighted by Crippen LogP contribution is 2.28. The molecule has 2 unspecified atom stereocenters. The molecular weight excluding hydrogens is 475 g/mol. The molecule has 1 amide bonds. The molecule has 3 N–H and O–H groups in total. The minimum atomic E-state index is -1.11. The lowest BCUT2D eigenvalue weighted by Gasteiger charge is -2.24. The van der Waals surface area contributed by atoms with Gasteiger partial charge < -0.3 is 25.4 Å². The van der Waals surface area contributed by atoms with Crippen molar-refractivity contribution in [2.24, 2.45) is 0 Å². The number of carboxylic acids is 1. The van der Waals surface area contributed by atoms with Crippen molar-refractivity contribution in [2.45, 2.75) is 76.5 Å². The average molecular weight is 513 g/mol. The van der Waals surface area contributed by atoms with Gasteiger partial charge in [-0.3, -0.25) is 0 Å². The van der Waals surface area contributed by atoms with Gasteiger partial charge in [0.15, 0.2) is 0 Å². The molecule has 4 rings (SSSR count). The van der Waals surface area contributed by atoms with Crippen molar-refractivity contribution in [1.82, 2.24) is 15.2 Å². The van der Waals surface area contributed by atoms with Crippen LogP contribution in [0.1, 0.15) is 68.4 Å². The van der Waals surface area contributed by atoms with Crippen molar-refractivity contribution < 1.29 is 23.8 Å². The topological polar surface area (TPSA) is 104 Å². The molecule has 200 valence electrons. The highest BCUT2D eigenvalue weighted by molar-refractivity contribution is 5.79. The van der Waals surface area contributed by atoms with Gasteiger partial charge in [0.1, 0.15) is 23.8 Å². The van der Waals surface area contributed by atoms with Crippen molar-refractivity contribution in [1.29, 1.82) is 0 Å². The van der Waals surface area contributed by atoms with E-state index in [1.54, 1.807) is 19.1 Å². The molecule has 2 aromatic rings.